The lowest BCUT2D eigenvalue weighted by Crippen LogP contribution is -2.31. The number of aryl methyl sites for hydroxylation is 1. The predicted molar refractivity (Wildman–Crippen MR) is 108 cm³/mol. The number of fused-ring (bicyclic) bond motifs is 4. The Morgan fingerprint density at radius 2 is 1.96 bits per heavy atom. The fourth-order valence-electron chi connectivity index (χ4n) is 3.84. The summed E-state index contributed by atoms with van der Waals surface area (Å²) in [5.74, 6) is 1.06. The largest absolute Gasteiger partial charge is 0.371 e. The number of para-hydroxylation sites is 2. The van der Waals surface area contributed by atoms with Gasteiger partial charge in [-0.15, -0.1) is 5.10 Å². The molecule has 136 valence electrons. The van der Waals surface area contributed by atoms with Gasteiger partial charge in [-0.25, -0.2) is 9.97 Å². The van der Waals surface area contributed by atoms with E-state index in [0.29, 0.717) is 22.1 Å². The van der Waals surface area contributed by atoms with E-state index in [9.17, 15) is 0 Å². The number of nitrogens with two attached hydrogens (primary N) is 1. The Kier molecular flexibility index (Phi) is 3.86. The summed E-state index contributed by atoms with van der Waals surface area (Å²) in [6.07, 6.45) is 3.07. The zero-order valence-corrected chi connectivity index (χ0v) is 15.5. The van der Waals surface area contributed by atoms with Gasteiger partial charge in [0.25, 0.3) is 0 Å². The van der Waals surface area contributed by atoms with Crippen LogP contribution in [0.5, 0.6) is 0 Å². The number of aromatic nitrogens is 4. The Labute approximate surface area is 161 Å². The smallest absolute Gasteiger partial charge is 0.223 e. The molecule has 7 heteroatoms. The minimum atomic E-state index is 0.299. The van der Waals surface area contributed by atoms with Gasteiger partial charge in [-0.1, -0.05) is 35.9 Å². The van der Waals surface area contributed by atoms with Gasteiger partial charge >= 0.3 is 0 Å². The van der Waals surface area contributed by atoms with Gasteiger partial charge in [0.05, 0.1) is 10.5 Å². The first-order chi connectivity index (χ1) is 13.2. The summed E-state index contributed by atoms with van der Waals surface area (Å²) in [5.41, 5.74) is 10.2. The number of rotatable bonds is 3. The molecule has 0 saturated heterocycles. The summed E-state index contributed by atoms with van der Waals surface area (Å²) >= 11 is 6.26. The van der Waals surface area contributed by atoms with Crippen LogP contribution in [0.3, 0.4) is 0 Å². The van der Waals surface area contributed by atoms with Crippen molar-refractivity contribution in [2.75, 3.05) is 23.7 Å². The van der Waals surface area contributed by atoms with Crippen molar-refractivity contribution in [3.05, 3.63) is 58.9 Å². The second kappa shape index (κ2) is 6.39. The highest BCUT2D eigenvalue weighted by Crippen LogP contribution is 2.28. The van der Waals surface area contributed by atoms with Gasteiger partial charge in [-0.2, -0.15) is 4.52 Å². The molecule has 0 atom stereocenters. The third-order valence-corrected chi connectivity index (χ3v) is 5.44. The summed E-state index contributed by atoms with van der Waals surface area (Å²) in [6.45, 7) is 1.94. The standard InChI is InChI=1S/C20H19ClN6/c21-15-8-3-7-14-18(15)24-20(22)27-19(14)23-17(25-27)10-12-26-11-4-6-13-5-1-2-9-16(13)26/h1-3,5,7-9H,4,6,10-12H2,(H2,22,24). The summed E-state index contributed by atoms with van der Waals surface area (Å²) in [5, 5.41) is 6.01. The molecule has 0 amide bonds. The zero-order valence-electron chi connectivity index (χ0n) is 14.8. The first kappa shape index (κ1) is 16.3. The Balaban J connectivity index is 1.48. The van der Waals surface area contributed by atoms with Gasteiger partial charge in [-0.05, 0) is 36.6 Å². The topological polar surface area (TPSA) is 72.3 Å². The molecule has 0 saturated carbocycles. The van der Waals surface area contributed by atoms with Crippen molar-refractivity contribution in [2.24, 2.45) is 0 Å². The van der Waals surface area contributed by atoms with Crippen molar-refractivity contribution in [3.8, 4) is 0 Å². The summed E-state index contributed by atoms with van der Waals surface area (Å²) in [7, 11) is 0. The van der Waals surface area contributed by atoms with Gasteiger partial charge in [0.15, 0.2) is 11.5 Å². The summed E-state index contributed by atoms with van der Waals surface area (Å²) in [4.78, 5) is 11.5. The first-order valence-corrected chi connectivity index (χ1v) is 9.51. The van der Waals surface area contributed by atoms with Crippen LogP contribution >= 0.6 is 11.6 Å². The van der Waals surface area contributed by atoms with Crippen LogP contribution in [-0.2, 0) is 12.8 Å². The molecule has 2 aromatic carbocycles. The van der Waals surface area contributed by atoms with Gasteiger partial charge in [0, 0.05) is 30.6 Å². The number of anilines is 2. The van der Waals surface area contributed by atoms with E-state index in [1.54, 1.807) is 10.6 Å². The third kappa shape index (κ3) is 2.77. The van der Waals surface area contributed by atoms with Crippen LogP contribution in [0, 0.1) is 0 Å². The van der Waals surface area contributed by atoms with Crippen molar-refractivity contribution >= 4 is 39.8 Å². The lowest BCUT2D eigenvalue weighted by molar-refractivity contribution is 0.677. The van der Waals surface area contributed by atoms with E-state index in [1.165, 1.54) is 17.7 Å². The monoisotopic (exact) mass is 378 g/mol. The van der Waals surface area contributed by atoms with Gasteiger partial charge in [0.1, 0.15) is 0 Å². The number of nitrogen functional groups attached to an aromatic ring is 1. The Bertz CT molecular complexity index is 1150. The maximum Gasteiger partial charge on any atom is 0.223 e. The predicted octanol–water partition coefficient (Wildman–Crippen LogP) is 3.51. The number of benzene rings is 2. The molecule has 4 aromatic rings. The van der Waals surface area contributed by atoms with E-state index in [1.807, 2.05) is 12.1 Å². The molecule has 0 unspecified atom stereocenters. The third-order valence-electron chi connectivity index (χ3n) is 5.13. The average Bonchev–Trinajstić information content (AvgIpc) is 3.13. The highest BCUT2D eigenvalue weighted by atomic mass is 35.5. The van der Waals surface area contributed by atoms with Crippen molar-refractivity contribution in [3.63, 3.8) is 0 Å². The first-order valence-electron chi connectivity index (χ1n) is 9.13. The van der Waals surface area contributed by atoms with Crippen molar-refractivity contribution < 1.29 is 0 Å². The van der Waals surface area contributed by atoms with Crippen LogP contribution in [0.4, 0.5) is 11.6 Å². The Morgan fingerprint density at radius 1 is 1.07 bits per heavy atom. The highest BCUT2D eigenvalue weighted by Gasteiger charge is 2.18. The molecule has 0 spiro atoms. The van der Waals surface area contributed by atoms with Crippen LogP contribution in [0.15, 0.2) is 42.5 Å². The normalized spacial score (nSPS) is 14.0. The van der Waals surface area contributed by atoms with E-state index >= 15 is 0 Å². The minimum absolute atomic E-state index is 0.299. The molecule has 0 radical (unpaired) electrons. The molecular weight excluding hydrogens is 360 g/mol. The molecule has 1 aliphatic rings. The van der Waals surface area contributed by atoms with Crippen LogP contribution in [-0.4, -0.2) is 32.7 Å². The van der Waals surface area contributed by atoms with E-state index in [4.69, 9.17) is 22.3 Å². The van der Waals surface area contributed by atoms with Gasteiger partial charge < -0.3 is 10.6 Å². The number of halogens is 1. The molecule has 5 rings (SSSR count). The number of nitrogens with zero attached hydrogens (tertiary/aromatic N) is 5. The van der Waals surface area contributed by atoms with E-state index in [2.05, 4.69) is 39.2 Å². The fraction of sp³-hybridized carbons (Fsp3) is 0.250. The van der Waals surface area contributed by atoms with Gasteiger partial charge in [0.2, 0.25) is 5.95 Å². The van der Waals surface area contributed by atoms with E-state index in [0.717, 1.165) is 37.1 Å². The lowest BCUT2D eigenvalue weighted by Gasteiger charge is -2.30. The molecule has 0 bridgehead atoms. The number of hydrogen-bond donors (Lipinski definition) is 1. The average molecular weight is 379 g/mol. The molecule has 0 fully saturated rings. The number of hydrogen-bond acceptors (Lipinski definition) is 5. The molecule has 2 N–H and O–H groups in total. The maximum atomic E-state index is 6.26. The second-order valence-electron chi connectivity index (χ2n) is 6.84. The quantitative estimate of drug-likeness (QED) is 0.590. The molecule has 6 nitrogen and oxygen atoms in total. The molecule has 2 aromatic heterocycles. The highest BCUT2D eigenvalue weighted by molar-refractivity contribution is 6.35. The summed E-state index contributed by atoms with van der Waals surface area (Å²) in [6, 6.07) is 14.3. The lowest BCUT2D eigenvalue weighted by atomic mass is 10.0. The second-order valence-corrected chi connectivity index (χ2v) is 7.25. The van der Waals surface area contributed by atoms with Crippen LogP contribution in [0.1, 0.15) is 17.8 Å². The fourth-order valence-corrected chi connectivity index (χ4v) is 4.06. The van der Waals surface area contributed by atoms with Gasteiger partial charge in [-0.3, -0.25) is 0 Å². The minimum Gasteiger partial charge on any atom is -0.371 e. The van der Waals surface area contributed by atoms with Crippen LogP contribution in [0.25, 0.3) is 16.6 Å². The zero-order chi connectivity index (χ0) is 18.4. The molecule has 27 heavy (non-hydrogen) atoms. The SMILES string of the molecule is Nc1nc2c(Cl)cccc2c2nc(CCN3CCCc4ccccc43)nn12. The maximum absolute atomic E-state index is 6.26. The van der Waals surface area contributed by atoms with E-state index < -0.39 is 0 Å². The van der Waals surface area contributed by atoms with Crippen molar-refractivity contribution in [1.29, 1.82) is 0 Å². The van der Waals surface area contributed by atoms with Crippen molar-refractivity contribution in [2.45, 2.75) is 19.3 Å². The van der Waals surface area contributed by atoms with Crippen LogP contribution in [0.2, 0.25) is 5.02 Å². The van der Waals surface area contributed by atoms with Crippen LogP contribution < -0.4 is 10.6 Å². The molecule has 1 aliphatic heterocycles. The Morgan fingerprint density at radius 3 is 2.89 bits per heavy atom. The Hall–Kier alpha value is -2.86. The van der Waals surface area contributed by atoms with Crippen molar-refractivity contribution in [1.82, 2.24) is 19.6 Å². The molecule has 3 heterocycles. The van der Waals surface area contributed by atoms with E-state index in [-0.39, 0.29) is 0 Å². The summed E-state index contributed by atoms with van der Waals surface area (Å²) < 4.78 is 1.61. The molecule has 0 aliphatic carbocycles. The molecular formula is C20H19ClN6.